The van der Waals surface area contributed by atoms with Gasteiger partial charge in [-0.1, -0.05) is 48.5 Å². The highest BCUT2D eigenvalue weighted by Gasteiger charge is 2.64. The quantitative estimate of drug-likeness (QED) is 0.0463. The minimum Gasteiger partial charge on any atom is -0.504 e. The first-order valence-electron chi connectivity index (χ1n) is 38.1. The molecule has 8 aromatic rings. The van der Waals surface area contributed by atoms with Crippen molar-refractivity contribution in [1.82, 2.24) is 34.9 Å². The summed E-state index contributed by atoms with van der Waals surface area (Å²) >= 11 is 2.77. The Morgan fingerprint density at radius 3 is 1.64 bits per heavy atom. The molecule has 12 aliphatic heterocycles. The van der Waals surface area contributed by atoms with Gasteiger partial charge in [-0.05, 0) is 120 Å². The number of para-hydroxylation sites is 2. The predicted octanol–water partition coefficient (Wildman–Crippen LogP) is 9.31. The summed E-state index contributed by atoms with van der Waals surface area (Å²) < 4.78 is 59.8. The number of H-pyrrole nitrogens is 2. The molecule has 13 atom stereocenters. The molecule has 6 aromatic carbocycles. The minimum absolute atomic E-state index is 0.0240. The summed E-state index contributed by atoms with van der Waals surface area (Å²) in [5.74, 6) is -0.537. The normalized spacial score (nSPS) is 26.3. The Morgan fingerprint density at radius 2 is 1.14 bits per heavy atom. The number of carboxylic acid groups (broad SMARTS) is 1. The fourth-order valence-corrected chi connectivity index (χ4v) is 23.0. The number of thioether (sulfide) groups is 2. The van der Waals surface area contributed by atoms with E-state index < -0.39 is 100 Å². The number of phenols is 2. The zero-order valence-corrected chi connectivity index (χ0v) is 66.8. The number of cyclic esters (lactones) is 1. The standard InChI is InChI=1S/C41H41N5O8S.C31H31N3O9S.C10H12N2.C2H4O2/c1-18-12-21-13-25-26(14-42)46-27-15-51-40(49)41(39-23(10-11-43-41)22-8-6-7-9-24(22)44-39)16-55-38(32(46)31(45(25)4)28(21)33(48)34(18)50-5)30-29(27)37-36(52-17-53-37)19(2)35(30)54-20(3)47;1-12-6-15-7-16-17(8-32)34-18-9-40-31(38)19(36)10-44-30(24(34)23(33(16)4)20(15)25(37)26(12)39-5)22-21(18)29-28(41-11-42-29)13(2)27(22)43-14(3)35;11-6-5-8-7-12-10-4-2-1-3-9(8)10;1-2(3)4/h6-9,12,25-27,31-32,38,43-44,48H,10-11,13,15-17H2,1-5H3;6,16-18,23-24,30,37H,7,9-11H2,1-5H3;1-4,7,12H,5-6,11H2;1H3,(H,3,4)/t25?,26-,27-,31?,32?,38+,41+;16?,17-,18-,23?,24?,30+;;/m00../s1. The van der Waals surface area contributed by atoms with Gasteiger partial charge in [0, 0.05) is 130 Å². The molecule has 2 aromatic heterocycles. The van der Waals surface area contributed by atoms with E-state index >= 15 is 0 Å². The molecule has 4 fully saturated rings. The number of methoxy groups -OCH3 is 2. The van der Waals surface area contributed by atoms with Crippen molar-refractivity contribution in [2.24, 2.45) is 5.73 Å². The molecule has 8 N–H and O–H groups in total. The number of hydrogen-bond acceptors (Lipinski definition) is 28. The number of phenolic OH excluding ortho intramolecular Hbond substituents is 2. The van der Waals surface area contributed by atoms with Crippen molar-refractivity contribution in [3.8, 4) is 69.6 Å². The van der Waals surface area contributed by atoms with Gasteiger partial charge in [0.2, 0.25) is 19.4 Å². The van der Waals surface area contributed by atoms with Crippen molar-refractivity contribution in [1.29, 1.82) is 10.5 Å². The van der Waals surface area contributed by atoms with Crippen LogP contribution in [-0.4, -0.2) is 196 Å². The summed E-state index contributed by atoms with van der Waals surface area (Å²) in [7, 11) is 7.02. The molecule has 12 aliphatic rings. The fraction of sp³-hybridized carbons (Fsp3) is 0.429. The van der Waals surface area contributed by atoms with Crippen molar-refractivity contribution >= 4 is 81.0 Å². The number of aromatic hydroxyl groups is 2. The van der Waals surface area contributed by atoms with Crippen LogP contribution in [0.1, 0.15) is 139 Å². The molecule has 115 heavy (non-hydrogen) atoms. The van der Waals surface area contributed by atoms with Crippen molar-refractivity contribution in [3.63, 3.8) is 0 Å². The Kier molecular flexibility index (Phi) is 20.7. The summed E-state index contributed by atoms with van der Waals surface area (Å²) in [6.07, 6.45) is 4.72. The number of aromatic amines is 2. The zero-order chi connectivity index (χ0) is 81.2. The van der Waals surface area contributed by atoms with Gasteiger partial charge in [-0.2, -0.15) is 10.5 Å². The number of ether oxygens (including phenoxy) is 10. The highest BCUT2D eigenvalue weighted by Crippen LogP contribution is 2.67. The van der Waals surface area contributed by atoms with E-state index in [1.54, 1.807) is 25.8 Å². The van der Waals surface area contributed by atoms with Crippen LogP contribution in [0.25, 0.3) is 21.8 Å². The minimum atomic E-state index is -1.24. The maximum atomic E-state index is 14.8. The summed E-state index contributed by atoms with van der Waals surface area (Å²) in [5, 5.41) is 58.0. The molecule has 600 valence electrons. The number of esters is 4. The van der Waals surface area contributed by atoms with E-state index in [0.717, 1.165) is 75.3 Å². The van der Waals surface area contributed by atoms with Crippen molar-refractivity contribution in [2.45, 2.75) is 151 Å². The van der Waals surface area contributed by atoms with Gasteiger partial charge < -0.3 is 78.4 Å². The molecular formula is C84H88N10O19S2. The number of piperazine rings is 2. The number of aryl methyl sites for hydroxylation is 2. The largest absolute Gasteiger partial charge is 0.504 e. The van der Waals surface area contributed by atoms with Gasteiger partial charge in [-0.15, -0.1) is 23.5 Å². The SMILES string of the molecule is CC(=O)O.COc1c(C)cc2c(c1O)C1C3[C@@H]4SCC(=O)C(=O)OC[C@@H](c5c6c(c(C)c(OC(C)=O)c54)OCO6)N3[C@@H](C#N)C(C2)N1C.COc1c(C)cc2c(c1O)C1C3[C@@H]4SC[C@]5(NCCc6c5[nH]c5ccccc65)C(=O)OC[C@@H](c5c6c(c(C)c(OC(C)=O)c54)OCO6)N3[C@@H](C#N)C(C2)N1C.NCCc1c[nH]c2ccccc12. The Morgan fingerprint density at radius 1 is 0.652 bits per heavy atom. The molecule has 0 amide bonds. The lowest BCUT2D eigenvalue weighted by Crippen LogP contribution is -2.69. The van der Waals surface area contributed by atoms with E-state index in [-0.39, 0.29) is 61.9 Å². The number of aromatic nitrogens is 2. The summed E-state index contributed by atoms with van der Waals surface area (Å²) in [4.78, 5) is 90.3. The van der Waals surface area contributed by atoms with Crippen molar-refractivity contribution < 1.29 is 91.5 Å². The summed E-state index contributed by atoms with van der Waals surface area (Å²) in [6.45, 7) is 12.0. The maximum absolute atomic E-state index is 14.8. The molecule has 1 spiro atoms. The van der Waals surface area contributed by atoms with Crippen LogP contribution in [0.4, 0.5) is 0 Å². The summed E-state index contributed by atoms with van der Waals surface area (Å²) in [6, 6.07) is 20.4. The maximum Gasteiger partial charge on any atom is 0.375 e. The number of nitriles is 2. The smallest absolute Gasteiger partial charge is 0.375 e. The Balaban J connectivity index is 0.000000147. The number of ketones is 1. The number of carboxylic acids is 1. The molecule has 14 heterocycles. The van der Waals surface area contributed by atoms with Crippen LogP contribution in [0, 0.1) is 50.4 Å². The van der Waals surface area contributed by atoms with Crippen LogP contribution < -0.4 is 48.9 Å². The van der Waals surface area contributed by atoms with Gasteiger partial charge in [0.15, 0.2) is 51.5 Å². The van der Waals surface area contributed by atoms with Gasteiger partial charge in [0.05, 0.1) is 72.5 Å². The second-order valence-corrected chi connectivity index (χ2v) is 32.9. The van der Waals surface area contributed by atoms with E-state index in [1.807, 2.05) is 71.4 Å². The second-order valence-electron chi connectivity index (χ2n) is 30.6. The molecule has 8 bridgehead atoms. The molecular weight excluding hydrogens is 1520 g/mol. The van der Waals surface area contributed by atoms with Crippen LogP contribution >= 0.6 is 23.5 Å². The van der Waals surface area contributed by atoms with Gasteiger partial charge >= 0.3 is 23.9 Å². The topological polar surface area (TPSA) is 386 Å². The van der Waals surface area contributed by atoms with Crippen LogP contribution in [0.3, 0.4) is 0 Å². The number of aliphatic carboxylic acids is 1. The third-order valence-electron chi connectivity index (χ3n) is 24.4. The average molecular weight is 1610 g/mol. The van der Waals surface area contributed by atoms with E-state index in [9.17, 15) is 44.7 Å². The number of Topliss-reactive ketones (excluding diaryl/α,β-unsaturated/α-hetero) is 1. The summed E-state index contributed by atoms with van der Waals surface area (Å²) in [5.41, 5.74) is 18.3. The number of fused-ring (bicyclic) bond motifs is 21. The number of carbonyl (C=O) groups excluding carboxylic acids is 5. The number of hydrogen-bond donors (Lipinski definition) is 7. The molecule has 4 saturated heterocycles. The van der Waals surface area contributed by atoms with Crippen LogP contribution in [0.5, 0.6) is 57.5 Å². The molecule has 0 saturated carbocycles. The van der Waals surface area contributed by atoms with Crippen LogP contribution in [0.15, 0.2) is 66.9 Å². The van der Waals surface area contributed by atoms with E-state index in [2.05, 4.69) is 77.4 Å². The number of nitrogens with two attached hydrogens (primary N) is 1. The zero-order valence-electron chi connectivity index (χ0n) is 65.2. The van der Waals surface area contributed by atoms with Crippen LogP contribution in [-0.2, 0) is 69.5 Å². The first kappa shape index (κ1) is 78.2. The third-order valence-corrected chi connectivity index (χ3v) is 27.2. The third kappa shape index (κ3) is 12.5. The molecule has 0 aliphatic carbocycles. The number of rotatable bonds is 6. The van der Waals surface area contributed by atoms with Gasteiger partial charge in [-0.3, -0.25) is 44.1 Å². The molecule has 20 rings (SSSR count). The lowest BCUT2D eigenvalue weighted by molar-refractivity contribution is -0.157. The monoisotopic (exact) mass is 1600 g/mol. The van der Waals surface area contributed by atoms with Crippen LogP contribution in [0.2, 0.25) is 0 Å². The number of nitrogens with one attached hydrogen (secondary N) is 3. The van der Waals surface area contributed by atoms with Gasteiger partial charge in [0.25, 0.3) is 5.97 Å². The fourth-order valence-electron chi connectivity index (χ4n) is 20.0. The lowest BCUT2D eigenvalue weighted by atomic mass is 9.71. The average Bonchev–Trinajstić information content (AvgIpc) is 1.52. The molecule has 29 nitrogen and oxygen atoms in total. The van der Waals surface area contributed by atoms with Crippen molar-refractivity contribution in [2.75, 3.05) is 79.7 Å². The van der Waals surface area contributed by atoms with E-state index in [1.165, 1.54) is 49.2 Å². The van der Waals surface area contributed by atoms with Gasteiger partial charge in [-0.25, -0.2) is 9.59 Å². The first-order valence-corrected chi connectivity index (χ1v) is 40.2. The highest BCUT2D eigenvalue weighted by molar-refractivity contribution is 8.00. The van der Waals surface area contributed by atoms with E-state index in [0.29, 0.717) is 105 Å². The first-order chi connectivity index (χ1) is 55.3. The number of carbonyl (C=O) groups is 6. The van der Waals surface area contributed by atoms with Gasteiger partial charge in [0.1, 0.15) is 36.8 Å². The molecule has 31 heteroatoms. The number of likely N-dealkylation sites (N-methyl/N-ethyl adjacent to an activating group) is 2. The Hall–Kier alpha value is -10.7. The van der Waals surface area contributed by atoms with Crippen molar-refractivity contribution in [3.05, 3.63) is 150 Å². The van der Waals surface area contributed by atoms with E-state index in [4.69, 9.17) is 63.0 Å². The Labute approximate surface area is 670 Å². The second kappa shape index (κ2) is 30.5. The predicted molar refractivity (Wildman–Crippen MR) is 421 cm³/mol. The Bertz CT molecular complexity index is 5480. The number of nitrogens with zero attached hydrogens (tertiary/aromatic N) is 6. The highest BCUT2D eigenvalue weighted by atomic mass is 32.2. The molecule has 0 radical (unpaired) electrons. The lowest BCUT2D eigenvalue weighted by Gasteiger charge is -2.62. The number of benzene rings is 6. The molecule has 6 unspecified atom stereocenters.